The fraction of sp³-hybridized carbons (Fsp3) is 0.238. The Hall–Kier alpha value is -2.33. The van der Waals surface area contributed by atoms with Crippen LogP contribution in [0.2, 0.25) is 0 Å². The molecule has 3 aromatic rings. The zero-order valence-corrected chi connectivity index (χ0v) is 15.1. The average molecular weight is 348 g/mol. The van der Waals surface area contributed by atoms with Crippen molar-refractivity contribution in [2.45, 2.75) is 37.0 Å². The second-order valence-corrected chi connectivity index (χ2v) is 7.39. The van der Waals surface area contributed by atoms with Crippen LogP contribution in [0.5, 0.6) is 0 Å². The van der Waals surface area contributed by atoms with Gasteiger partial charge in [0.15, 0.2) is 0 Å². The highest BCUT2D eigenvalue weighted by Gasteiger charge is 2.22. The van der Waals surface area contributed by atoms with Gasteiger partial charge in [-0.05, 0) is 43.9 Å². The number of para-hydroxylation sites is 1. The summed E-state index contributed by atoms with van der Waals surface area (Å²) < 4.78 is 1.79. The van der Waals surface area contributed by atoms with Crippen molar-refractivity contribution in [2.24, 2.45) is 0 Å². The summed E-state index contributed by atoms with van der Waals surface area (Å²) in [6.07, 6.45) is 3.04. The minimum absolute atomic E-state index is 0.168. The van der Waals surface area contributed by atoms with Crippen LogP contribution in [0.1, 0.15) is 28.8 Å². The molecule has 4 rings (SSSR count). The Morgan fingerprint density at radius 3 is 2.56 bits per heavy atom. The van der Waals surface area contributed by atoms with Gasteiger partial charge in [0, 0.05) is 17.0 Å². The van der Waals surface area contributed by atoms with E-state index in [0.29, 0.717) is 0 Å². The van der Waals surface area contributed by atoms with Gasteiger partial charge in [0.05, 0.1) is 5.69 Å². The Morgan fingerprint density at radius 2 is 1.80 bits per heavy atom. The molecule has 1 aromatic heterocycles. The van der Waals surface area contributed by atoms with E-state index in [1.807, 2.05) is 30.3 Å². The van der Waals surface area contributed by atoms with Gasteiger partial charge in [0.25, 0.3) is 0 Å². The topological polar surface area (TPSA) is 34.9 Å². The lowest BCUT2D eigenvalue weighted by molar-refractivity contribution is 0.802. The van der Waals surface area contributed by atoms with Crippen LogP contribution in [0.15, 0.2) is 64.4 Å². The second-order valence-electron chi connectivity index (χ2n) is 6.42. The maximum atomic E-state index is 12.7. The largest absolute Gasteiger partial charge is 0.353 e. The number of hydrogen-bond acceptors (Lipinski definition) is 3. The van der Waals surface area contributed by atoms with Gasteiger partial charge in [-0.15, -0.1) is 11.8 Å². The van der Waals surface area contributed by atoms with Crippen LogP contribution in [-0.2, 0) is 18.6 Å². The van der Waals surface area contributed by atoms with Gasteiger partial charge >= 0.3 is 5.69 Å². The van der Waals surface area contributed by atoms with Crippen LogP contribution >= 0.6 is 11.8 Å². The summed E-state index contributed by atoms with van der Waals surface area (Å²) in [5.41, 5.74) is 5.65. The third-order valence-corrected chi connectivity index (χ3v) is 5.70. The minimum Gasteiger partial charge on any atom is -0.265 e. The van der Waals surface area contributed by atoms with Gasteiger partial charge in [-0.25, -0.2) is 4.79 Å². The molecular formula is C21H20N2OS. The molecule has 0 atom stereocenters. The van der Waals surface area contributed by atoms with E-state index in [1.165, 1.54) is 16.7 Å². The molecule has 0 unspecified atom stereocenters. The van der Waals surface area contributed by atoms with E-state index in [-0.39, 0.29) is 5.69 Å². The fourth-order valence-electron chi connectivity index (χ4n) is 3.32. The lowest BCUT2D eigenvalue weighted by Gasteiger charge is -2.14. The van der Waals surface area contributed by atoms with Crippen LogP contribution in [0.25, 0.3) is 5.69 Å². The monoisotopic (exact) mass is 348 g/mol. The molecule has 0 spiro atoms. The predicted octanol–water partition coefficient (Wildman–Crippen LogP) is 4.32. The molecule has 2 aromatic carbocycles. The molecule has 0 radical (unpaired) electrons. The molecule has 0 aliphatic heterocycles. The van der Waals surface area contributed by atoms with E-state index in [2.05, 4.69) is 36.2 Å². The molecule has 3 nitrogen and oxygen atoms in total. The number of hydrogen-bond donors (Lipinski definition) is 0. The van der Waals surface area contributed by atoms with E-state index in [9.17, 15) is 4.79 Å². The van der Waals surface area contributed by atoms with Crippen molar-refractivity contribution in [3.8, 4) is 5.69 Å². The molecule has 0 N–H and O–H groups in total. The van der Waals surface area contributed by atoms with Crippen LogP contribution in [0.4, 0.5) is 0 Å². The normalized spacial score (nSPS) is 13.0. The lowest BCUT2D eigenvalue weighted by atomic mass is 10.2. The summed E-state index contributed by atoms with van der Waals surface area (Å²) in [4.78, 5) is 17.1. The molecule has 0 fully saturated rings. The van der Waals surface area contributed by atoms with Crippen molar-refractivity contribution >= 4 is 11.8 Å². The van der Waals surface area contributed by atoms with Crippen molar-refractivity contribution in [2.75, 3.05) is 0 Å². The number of rotatable bonds is 4. The fourth-order valence-corrected chi connectivity index (χ4v) is 4.36. The Kier molecular flexibility index (Phi) is 4.45. The zero-order chi connectivity index (χ0) is 17.2. The average Bonchev–Trinajstić information content (AvgIpc) is 3.11. The smallest absolute Gasteiger partial charge is 0.265 e. The Morgan fingerprint density at radius 1 is 1.04 bits per heavy atom. The van der Waals surface area contributed by atoms with Gasteiger partial charge in [-0.1, -0.05) is 48.0 Å². The molecule has 0 amide bonds. The molecule has 0 saturated carbocycles. The first-order valence-electron chi connectivity index (χ1n) is 8.61. The molecule has 0 bridgehead atoms. The molecule has 1 aliphatic carbocycles. The van der Waals surface area contributed by atoms with Gasteiger partial charge in [0.1, 0.15) is 5.03 Å². The Bertz CT molecular complexity index is 946. The zero-order valence-electron chi connectivity index (χ0n) is 14.2. The number of fused-ring (bicyclic) bond motifs is 1. The molecule has 25 heavy (non-hydrogen) atoms. The van der Waals surface area contributed by atoms with Crippen LogP contribution in [0, 0.1) is 6.92 Å². The van der Waals surface area contributed by atoms with E-state index >= 15 is 0 Å². The number of benzene rings is 2. The first kappa shape index (κ1) is 16.2. The third-order valence-electron chi connectivity index (χ3n) is 4.62. The number of thioether (sulfide) groups is 1. The molecular weight excluding hydrogens is 328 g/mol. The first-order valence-corrected chi connectivity index (χ1v) is 9.59. The van der Waals surface area contributed by atoms with Crippen molar-refractivity contribution in [3.05, 3.63) is 87.5 Å². The Balaban J connectivity index is 1.68. The summed E-state index contributed by atoms with van der Waals surface area (Å²) in [7, 11) is 0. The molecule has 4 heteroatoms. The number of aromatic nitrogens is 2. The van der Waals surface area contributed by atoms with E-state index in [0.717, 1.165) is 41.4 Å². The molecule has 0 saturated heterocycles. The van der Waals surface area contributed by atoms with E-state index in [4.69, 9.17) is 0 Å². The third kappa shape index (κ3) is 3.27. The quantitative estimate of drug-likeness (QED) is 0.520. The molecule has 1 heterocycles. The Labute approximate surface area is 151 Å². The van der Waals surface area contributed by atoms with Gasteiger partial charge in [-0.3, -0.25) is 4.57 Å². The lowest BCUT2D eigenvalue weighted by Crippen LogP contribution is -2.25. The van der Waals surface area contributed by atoms with Crippen LogP contribution < -0.4 is 5.69 Å². The molecule has 1 aliphatic rings. The number of aryl methyl sites for hydroxylation is 1. The second kappa shape index (κ2) is 6.89. The maximum Gasteiger partial charge on any atom is 0.353 e. The predicted molar refractivity (Wildman–Crippen MR) is 103 cm³/mol. The first-order chi connectivity index (χ1) is 12.2. The van der Waals surface area contributed by atoms with E-state index < -0.39 is 0 Å². The highest BCUT2D eigenvalue weighted by Crippen LogP contribution is 2.32. The summed E-state index contributed by atoms with van der Waals surface area (Å²) in [5.74, 6) is 0.842. The van der Waals surface area contributed by atoms with E-state index in [1.54, 1.807) is 16.3 Å². The van der Waals surface area contributed by atoms with Crippen LogP contribution in [0.3, 0.4) is 0 Å². The summed E-state index contributed by atoms with van der Waals surface area (Å²) in [6.45, 7) is 2.09. The highest BCUT2D eigenvalue weighted by molar-refractivity contribution is 7.98. The van der Waals surface area contributed by atoms with Crippen LogP contribution in [-0.4, -0.2) is 9.55 Å². The van der Waals surface area contributed by atoms with Gasteiger partial charge in [0.2, 0.25) is 0 Å². The summed E-state index contributed by atoms with van der Waals surface area (Å²) >= 11 is 1.68. The van der Waals surface area contributed by atoms with Gasteiger partial charge in [-0.2, -0.15) is 4.98 Å². The van der Waals surface area contributed by atoms with Crippen molar-refractivity contribution in [1.29, 1.82) is 0 Å². The summed E-state index contributed by atoms with van der Waals surface area (Å²) in [5, 5.41) is 0.908. The SMILES string of the molecule is Cc1ccc(CSc2nc(=O)n(-c3ccccc3)c3c2CCC3)cc1. The van der Waals surface area contributed by atoms with Crippen molar-refractivity contribution in [1.82, 2.24) is 9.55 Å². The minimum atomic E-state index is -0.168. The standard InChI is InChI=1S/C21H20N2OS/c1-15-10-12-16(13-11-15)14-25-20-18-8-5-9-19(18)23(21(24)22-20)17-6-3-2-4-7-17/h2-4,6-7,10-13H,5,8-9,14H2,1H3. The maximum absolute atomic E-state index is 12.7. The number of nitrogens with zero attached hydrogens (tertiary/aromatic N) is 2. The van der Waals surface area contributed by atoms with Crippen molar-refractivity contribution < 1.29 is 0 Å². The van der Waals surface area contributed by atoms with Crippen molar-refractivity contribution in [3.63, 3.8) is 0 Å². The highest BCUT2D eigenvalue weighted by atomic mass is 32.2. The van der Waals surface area contributed by atoms with Gasteiger partial charge < -0.3 is 0 Å². The molecule has 126 valence electrons. The summed E-state index contributed by atoms with van der Waals surface area (Å²) in [6, 6.07) is 18.4.